The molecule has 0 atom stereocenters. The van der Waals surface area contributed by atoms with E-state index in [1.165, 1.54) is 17.4 Å². The first-order valence-electron chi connectivity index (χ1n) is 8.03. The first-order valence-corrected chi connectivity index (χ1v) is 8.91. The third kappa shape index (κ3) is 3.90. The van der Waals surface area contributed by atoms with E-state index in [0.717, 1.165) is 29.9 Å². The first-order chi connectivity index (χ1) is 12.3. The van der Waals surface area contributed by atoms with Gasteiger partial charge < -0.3 is 9.80 Å². The number of nitro groups is 1. The molecule has 0 unspecified atom stereocenters. The molecule has 10 heteroatoms. The summed E-state index contributed by atoms with van der Waals surface area (Å²) in [5.41, 5.74) is -0.370. The monoisotopic (exact) mass is 386 g/mol. The summed E-state index contributed by atoms with van der Waals surface area (Å²) in [5.74, 6) is 0. The summed E-state index contributed by atoms with van der Waals surface area (Å²) in [6, 6.07) is 2.71. The molecule has 3 rings (SSSR count). The van der Waals surface area contributed by atoms with Crippen molar-refractivity contribution in [3.05, 3.63) is 45.0 Å². The summed E-state index contributed by atoms with van der Waals surface area (Å²) in [5, 5.41) is 14.2. The van der Waals surface area contributed by atoms with E-state index >= 15 is 0 Å². The van der Waals surface area contributed by atoms with Gasteiger partial charge in [0.2, 0.25) is 0 Å². The van der Waals surface area contributed by atoms with E-state index in [-0.39, 0.29) is 5.69 Å². The van der Waals surface area contributed by atoms with Gasteiger partial charge in [0.05, 0.1) is 16.2 Å². The van der Waals surface area contributed by atoms with Crippen LogP contribution in [0, 0.1) is 17.0 Å². The van der Waals surface area contributed by atoms with E-state index in [0.29, 0.717) is 25.7 Å². The Morgan fingerprint density at radius 2 is 1.88 bits per heavy atom. The van der Waals surface area contributed by atoms with Crippen LogP contribution in [-0.2, 0) is 6.18 Å². The molecule has 1 fully saturated rings. The molecule has 0 radical (unpaired) electrons. The zero-order chi connectivity index (χ0) is 18.9. The summed E-state index contributed by atoms with van der Waals surface area (Å²) in [6.07, 6.45) is -3.88. The number of alkyl halides is 3. The Labute approximate surface area is 152 Å². The van der Waals surface area contributed by atoms with Crippen molar-refractivity contribution in [3.8, 4) is 0 Å². The highest BCUT2D eigenvalue weighted by Gasteiger charge is 2.34. The average Bonchev–Trinajstić information content (AvgIpc) is 2.86. The summed E-state index contributed by atoms with van der Waals surface area (Å²) in [7, 11) is 0. The smallest absolute Gasteiger partial charge is 0.364 e. The second-order valence-corrected chi connectivity index (χ2v) is 6.89. The van der Waals surface area contributed by atoms with Crippen LogP contribution in [0.2, 0.25) is 0 Å². The largest absolute Gasteiger partial charge is 0.416 e. The van der Waals surface area contributed by atoms with Crippen molar-refractivity contribution in [2.24, 2.45) is 0 Å². The van der Waals surface area contributed by atoms with Crippen LogP contribution >= 0.6 is 11.3 Å². The van der Waals surface area contributed by atoms with Crippen molar-refractivity contribution < 1.29 is 18.1 Å². The molecule has 0 spiro atoms. The second-order valence-electron chi connectivity index (χ2n) is 6.06. The molecule has 0 amide bonds. The highest BCUT2D eigenvalue weighted by atomic mass is 32.1. The molecule has 2 aromatic rings. The minimum Gasteiger partial charge on any atom is -0.364 e. The van der Waals surface area contributed by atoms with E-state index in [4.69, 9.17) is 0 Å². The van der Waals surface area contributed by atoms with Crippen LogP contribution in [0.5, 0.6) is 0 Å². The standard InChI is InChI=1S/C16H17F3N4O2S/c1-11-10-26-15(20-11)22-6-2-5-21(7-8-22)13-4-3-12(16(17,18)19)9-14(13)23(24)25/h3-4,9-10H,2,5-8H2,1H3. The van der Waals surface area contributed by atoms with Gasteiger partial charge in [-0.2, -0.15) is 13.2 Å². The minimum atomic E-state index is -4.61. The Bertz CT molecular complexity index is 809. The third-order valence-corrected chi connectivity index (χ3v) is 5.23. The van der Waals surface area contributed by atoms with E-state index in [1.54, 1.807) is 4.90 Å². The highest BCUT2D eigenvalue weighted by Crippen LogP contribution is 2.37. The van der Waals surface area contributed by atoms with Gasteiger partial charge in [-0.15, -0.1) is 11.3 Å². The number of anilines is 2. The summed E-state index contributed by atoms with van der Waals surface area (Å²) in [6.45, 7) is 4.27. The molecule has 1 aliphatic heterocycles. The summed E-state index contributed by atoms with van der Waals surface area (Å²) < 4.78 is 38.6. The number of aromatic nitrogens is 1. The fourth-order valence-corrected chi connectivity index (χ4v) is 3.81. The normalized spacial score (nSPS) is 15.8. The van der Waals surface area contributed by atoms with Gasteiger partial charge in [-0.05, 0) is 25.5 Å². The molecular weight excluding hydrogens is 369 g/mol. The number of thiazole rings is 1. The van der Waals surface area contributed by atoms with Gasteiger partial charge in [-0.25, -0.2) is 4.98 Å². The SMILES string of the molecule is Cc1csc(N2CCCN(c3ccc(C(F)(F)F)cc3[N+](=O)[O-])CC2)n1. The summed E-state index contributed by atoms with van der Waals surface area (Å²) >= 11 is 1.54. The lowest BCUT2D eigenvalue weighted by molar-refractivity contribution is -0.384. The van der Waals surface area contributed by atoms with Crippen molar-refractivity contribution in [1.82, 2.24) is 4.98 Å². The van der Waals surface area contributed by atoms with Gasteiger partial charge in [0.1, 0.15) is 5.69 Å². The van der Waals surface area contributed by atoms with Gasteiger partial charge in [0.25, 0.3) is 5.69 Å². The van der Waals surface area contributed by atoms with Gasteiger partial charge in [0.15, 0.2) is 5.13 Å². The molecule has 0 bridgehead atoms. The zero-order valence-corrected chi connectivity index (χ0v) is 14.8. The number of halogens is 3. The average molecular weight is 386 g/mol. The predicted molar refractivity (Wildman–Crippen MR) is 94.0 cm³/mol. The number of nitro benzene ring substituents is 1. The Kier molecular flexibility index (Phi) is 5.03. The minimum absolute atomic E-state index is 0.222. The second kappa shape index (κ2) is 7.10. The number of hydrogen-bond donors (Lipinski definition) is 0. The fourth-order valence-electron chi connectivity index (χ4n) is 2.95. The van der Waals surface area contributed by atoms with Gasteiger partial charge in [0, 0.05) is 37.6 Å². The molecule has 0 saturated carbocycles. The number of aryl methyl sites for hydroxylation is 1. The van der Waals surface area contributed by atoms with Crippen molar-refractivity contribution in [2.45, 2.75) is 19.5 Å². The Balaban J connectivity index is 1.83. The lowest BCUT2D eigenvalue weighted by Gasteiger charge is -2.23. The molecule has 1 aliphatic rings. The van der Waals surface area contributed by atoms with Gasteiger partial charge >= 0.3 is 6.18 Å². The molecule has 140 valence electrons. The molecule has 0 aliphatic carbocycles. The molecule has 1 aromatic heterocycles. The van der Waals surface area contributed by atoms with E-state index in [1.807, 2.05) is 12.3 Å². The van der Waals surface area contributed by atoms with Crippen molar-refractivity contribution in [2.75, 3.05) is 36.0 Å². The van der Waals surface area contributed by atoms with E-state index in [9.17, 15) is 23.3 Å². The quantitative estimate of drug-likeness (QED) is 0.587. The van der Waals surface area contributed by atoms with Crippen molar-refractivity contribution >= 4 is 27.8 Å². The van der Waals surface area contributed by atoms with Crippen molar-refractivity contribution in [3.63, 3.8) is 0 Å². The van der Waals surface area contributed by atoms with Crippen LogP contribution in [-0.4, -0.2) is 36.1 Å². The lowest BCUT2D eigenvalue weighted by Crippen LogP contribution is -2.31. The molecule has 0 N–H and O–H groups in total. The van der Waals surface area contributed by atoms with Crippen LogP contribution in [0.3, 0.4) is 0 Å². The topological polar surface area (TPSA) is 62.5 Å². The fraction of sp³-hybridized carbons (Fsp3) is 0.438. The first kappa shape index (κ1) is 18.4. The van der Waals surface area contributed by atoms with E-state index < -0.39 is 22.4 Å². The maximum Gasteiger partial charge on any atom is 0.416 e. The van der Waals surface area contributed by atoms with Gasteiger partial charge in [-0.3, -0.25) is 10.1 Å². The van der Waals surface area contributed by atoms with Gasteiger partial charge in [-0.1, -0.05) is 0 Å². The summed E-state index contributed by atoms with van der Waals surface area (Å²) in [4.78, 5) is 18.9. The predicted octanol–water partition coefficient (Wildman–Crippen LogP) is 4.10. The molecule has 1 saturated heterocycles. The molecule has 6 nitrogen and oxygen atoms in total. The maximum absolute atomic E-state index is 12.9. The molecule has 2 heterocycles. The Morgan fingerprint density at radius 3 is 2.50 bits per heavy atom. The Morgan fingerprint density at radius 1 is 1.19 bits per heavy atom. The number of rotatable bonds is 3. The molecular formula is C16H17F3N4O2S. The van der Waals surface area contributed by atoms with Crippen LogP contribution in [0.1, 0.15) is 17.7 Å². The molecule has 1 aromatic carbocycles. The van der Waals surface area contributed by atoms with E-state index in [2.05, 4.69) is 9.88 Å². The van der Waals surface area contributed by atoms with Crippen molar-refractivity contribution in [1.29, 1.82) is 0 Å². The number of benzene rings is 1. The number of hydrogen-bond acceptors (Lipinski definition) is 6. The maximum atomic E-state index is 12.9. The zero-order valence-electron chi connectivity index (χ0n) is 14.0. The Hall–Kier alpha value is -2.36. The van der Waals surface area contributed by atoms with Crippen LogP contribution in [0.25, 0.3) is 0 Å². The lowest BCUT2D eigenvalue weighted by atomic mass is 10.1. The third-order valence-electron chi connectivity index (χ3n) is 4.21. The highest BCUT2D eigenvalue weighted by molar-refractivity contribution is 7.13. The van der Waals surface area contributed by atoms with Crippen LogP contribution in [0.4, 0.5) is 29.7 Å². The van der Waals surface area contributed by atoms with Crippen LogP contribution < -0.4 is 9.80 Å². The number of nitrogens with zero attached hydrogens (tertiary/aromatic N) is 4. The van der Waals surface area contributed by atoms with Crippen LogP contribution in [0.15, 0.2) is 23.6 Å². The molecule has 26 heavy (non-hydrogen) atoms.